The fraction of sp³-hybridized carbons (Fsp3) is 1.00. The van der Waals surface area contributed by atoms with Gasteiger partial charge in [-0.15, -0.1) is 0 Å². The molecule has 11 heavy (non-hydrogen) atoms. The fourth-order valence-electron chi connectivity index (χ4n) is 1.75. The standard InChI is InChI=1S/C9H20N2/c1-7(2)11-9-4-8(3)5-10-6-9/h7-11H,4-6H2,1-3H3/t8-,9-/m1/s1. The molecule has 0 aliphatic carbocycles. The summed E-state index contributed by atoms with van der Waals surface area (Å²) < 4.78 is 0. The van der Waals surface area contributed by atoms with Gasteiger partial charge in [0.05, 0.1) is 0 Å². The molecule has 0 bridgehead atoms. The maximum Gasteiger partial charge on any atom is 0.0197 e. The minimum absolute atomic E-state index is 0.618. The Balaban J connectivity index is 2.23. The Labute approximate surface area is 69.8 Å². The molecule has 1 aliphatic heterocycles. The van der Waals surface area contributed by atoms with Gasteiger partial charge < -0.3 is 10.6 Å². The van der Waals surface area contributed by atoms with E-state index < -0.39 is 0 Å². The summed E-state index contributed by atoms with van der Waals surface area (Å²) in [5, 5.41) is 6.98. The molecule has 2 heteroatoms. The third kappa shape index (κ3) is 3.21. The first-order valence-electron chi connectivity index (χ1n) is 4.65. The first kappa shape index (κ1) is 9.01. The van der Waals surface area contributed by atoms with Gasteiger partial charge in [0.15, 0.2) is 0 Å². The van der Waals surface area contributed by atoms with Crippen molar-refractivity contribution in [2.24, 2.45) is 5.92 Å². The molecule has 0 unspecified atom stereocenters. The van der Waals surface area contributed by atoms with Crippen LogP contribution >= 0.6 is 0 Å². The van der Waals surface area contributed by atoms with E-state index in [0.29, 0.717) is 12.1 Å². The average Bonchev–Trinajstić information content (AvgIpc) is 1.85. The molecule has 1 aliphatic rings. The summed E-state index contributed by atoms with van der Waals surface area (Å²) in [6.07, 6.45) is 1.32. The van der Waals surface area contributed by atoms with Crippen LogP contribution in [0.3, 0.4) is 0 Å². The van der Waals surface area contributed by atoms with Crippen LogP contribution in [0.1, 0.15) is 27.2 Å². The van der Waals surface area contributed by atoms with E-state index in [1.54, 1.807) is 0 Å². The van der Waals surface area contributed by atoms with Crippen molar-refractivity contribution in [3.63, 3.8) is 0 Å². The largest absolute Gasteiger partial charge is 0.315 e. The van der Waals surface area contributed by atoms with Crippen LogP contribution in [-0.2, 0) is 0 Å². The molecule has 0 radical (unpaired) electrons. The van der Waals surface area contributed by atoms with E-state index in [4.69, 9.17) is 0 Å². The third-order valence-corrected chi connectivity index (χ3v) is 2.14. The van der Waals surface area contributed by atoms with Crippen molar-refractivity contribution in [3.05, 3.63) is 0 Å². The molecule has 1 fully saturated rings. The van der Waals surface area contributed by atoms with Crippen LogP contribution in [0.25, 0.3) is 0 Å². The summed E-state index contributed by atoms with van der Waals surface area (Å²) >= 11 is 0. The van der Waals surface area contributed by atoms with Crippen molar-refractivity contribution in [1.82, 2.24) is 10.6 Å². The first-order chi connectivity index (χ1) is 5.18. The van der Waals surface area contributed by atoms with Crippen molar-refractivity contribution < 1.29 is 0 Å². The maximum atomic E-state index is 3.55. The van der Waals surface area contributed by atoms with Gasteiger partial charge in [0.1, 0.15) is 0 Å². The zero-order valence-corrected chi connectivity index (χ0v) is 7.85. The van der Waals surface area contributed by atoms with Gasteiger partial charge >= 0.3 is 0 Å². The highest BCUT2D eigenvalue weighted by molar-refractivity contribution is 4.79. The van der Waals surface area contributed by atoms with Crippen molar-refractivity contribution in [3.8, 4) is 0 Å². The molecule has 0 aromatic carbocycles. The van der Waals surface area contributed by atoms with Gasteiger partial charge in [-0.1, -0.05) is 20.8 Å². The maximum absolute atomic E-state index is 3.55. The van der Waals surface area contributed by atoms with Crippen molar-refractivity contribution in [2.75, 3.05) is 13.1 Å². The van der Waals surface area contributed by atoms with Gasteiger partial charge in [0, 0.05) is 18.6 Å². The van der Waals surface area contributed by atoms with Crippen LogP contribution in [0.5, 0.6) is 0 Å². The monoisotopic (exact) mass is 156 g/mol. The van der Waals surface area contributed by atoms with E-state index in [-0.39, 0.29) is 0 Å². The quantitative estimate of drug-likeness (QED) is 0.623. The van der Waals surface area contributed by atoms with E-state index >= 15 is 0 Å². The predicted molar refractivity (Wildman–Crippen MR) is 48.7 cm³/mol. The zero-order valence-electron chi connectivity index (χ0n) is 7.85. The summed E-state index contributed by atoms with van der Waals surface area (Å²) in [7, 11) is 0. The summed E-state index contributed by atoms with van der Waals surface area (Å²) in [6.45, 7) is 9.05. The summed E-state index contributed by atoms with van der Waals surface area (Å²) in [5.74, 6) is 0.833. The molecule has 2 atom stereocenters. The van der Waals surface area contributed by atoms with Gasteiger partial charge in [-0.3, -0.25) is 0 Å². The lowest BCUT2D eigenvalue weighted by molar-refractivity contribution is 0.306. The van der Waals surface area contributed by atoms with Gasteiger partial charge in [-0.2, -0.15) is 0 Å². The SMILES string of the molecule is CC(C)N[C@H]1CNC[C@H](C)C1. The first-order valence-corrected chi connectivity index (χ1v) is 4.65. The average molecular weight is 156 g/mol. The van der Waals surface area contributed by atoms with Crippen LogP contribution in [0.15, 0.2) is 0 Å². The Kier molecular flexibility index (Phi) is 3.34. The molecular weight excluding hydrogens is 136 g/mol. The highest BCUT2D eigenvalue weighted by atomic mass is 15.0. The summed E-state index contributed by atoms with van der Waals surface area (Å²) in [4.78, 5) is 0. The molecule has 0 spiro atoms. The topological polar surface area (TPSA) is 24.1 Å². The van der Waals surface area contributed by atoms with E-state index in [2.05, 4.69) is 31.4 Å². The number of hydrogen-bond donors (Lipinski definition) is 2. The highest BCUT2D eigenvalue weighted by Crippen LogP contribution is 2.09. The number of hydrogen-bond acceptors (Lipinski definition) is 2. The molecular formula is C9H20N2. The second-order valence-corrected chi connectivity index (χ2v) is 4.02. The number of piperidine rings is 1. The lowest BCUT2D eigenvalue weighted by Crippen LogP contribution is -2.48. The van der Waals surface area contributed by atoms with E-state index in [1.807, 2.05) is 0 Å². The molecule has 1 rings (SSSR count). The van der Waals surface area contributed by atoms with Crippen LogP contribution < -0.4 is 10.6 Å². The zero-order chi connectivity index (χ0) is 8.27. The molecule has 2 N–H and O–H groups in total. The molecule has 1 saturated heterocycles. The summed E-state index contributed by atoms with van der Waals surface area (Å²) in [6, 6.07) is 1.31. The van der Waals surface area contributed by atoms with E-state index in [0.717, 1.165) is 12.5 Å². The van der Waals surface area contributed by atoms with Gasteiger partial charge in [-0.25, -0.2) is 0 Å². The van der Waals surface area contributed by atoms with Gasteiger partial charge in [-0.05, 0) is 18.9 Å². The Morgan fingerprint density at radius 3 is 2.64 bits per heavy atom. The minimum atomic E-state index is 0.618. The fourth-order valence-corrected chi connectivity index (χ4v) is 1.75. The second-order valence-electron chi connectivity index (χ2n) is 4.02. The normalized spacial score (nSPS) is 32.7. The van der Waals surface area contributed by atoms with E-state index in [1.165, 1.54) is 13.0 Å². The predicted octanol–water partition coefficient (Wildman–Crippen LogP) is 0.982. The minimum Gasteiger partial charge on any atom is -0.315 e. The Morgan fingerprint density at radius 2 is 2.09 bits per heavy atom. The molecule has 0 aromatic heterocycles. The number of rotatable bonds is 2. The molecule has 2 nitrogen and oxygen atoms in total. The molecule has 0 aromatic rings. The molecule has 66 valence electrons. The van der Waals surface area contributed by atoms with Crippen LogP contribution in [0, 0.1) is 5.92 Å². The third-order valence-electron chi connectivity index (χ3n) is 2.14. The second kappa shape index (κ2) is 4.07. The van der Waals surface area contributed by atoms with Crippen LogP contribution in [-0.4, -0.2) is 25.2 Å². The lowest BCUT2D eigenvalue weighted by Gasteiger charge is -2.29. The van der Waals surface area contributed by atoms with Crippen LogP contribution in [0.2, 0.25) is 0 Å². The number of nitrogens with one attached hydrogen (secondary N) is 2. The Morgan fingerprint density at radius 1 is 1.36 bits per heavy atom. The van der Waals surface area contributed by atoms with Crippen LogP contribution in [0.4, 0.5) is 0 Å². The van der Waals surface area contributed by atoms with Crippen molar-refractivity contribution in [2.45, 2.75) is 39.3 Å². The molecule has 0 amide bonds. The van der Waals surface area contributed by atoms with Crippen molar-refractivity contribution in [1.29, 1.82) is 0 Å². The Bertz CT molecular complexity index is 110. The van der Waals surface area contributed by atoms with Gasteiger partial charge in [0.2, 0.25) is 0 Å². The van der Waals surface area contributed by atoms with Gasteiger partial charge in [0.25, 0.3) is 0 Å². The molecule has 0 saturated carbocycles. The Hall–Kier alpha value is -0.0800. The highest BCUT2D eigenvalue weighted by Gasteiger charge is 2.17. The smallest absolute Gasteiger partial charge is 0.0197 e. The molecule has 1 heterocycles. The van der Waals surface area contributed by atoms with E-state index in [9.17, 15) is 0 Å². The van der Waals surface area contributed by atoms with Crippen molar-refractivity contribution >= 4 is 0 Å². The summed E-state index contributed by atoms with van der Waals surface area (Å²) in [5.41, 5.74) is 0. The lowest BCUT2D eigenvalue weighted by atomic mass is 9.97.